The van der Waals surface area contributed by atoms with Crippen LogP contribution in [-0.4, -0.2) is 96.1 Å². The molecule has 1 N–H and O–H groups in total. The number of esters is 1. The van der Waals surface area contributed by atoms with Gasteiger partial charge in [0, 0.05) is 57.2 Å². The predicted molar refractivity (Wildman–Crippen MR) is 106 cm³/mol. The molecule has 1 aromatic rings. The predicted octanol–water partition coefficient (Wildman–Crippen LogP) is 0.495. The fraction of sp³-hybridized carbons (Fsp3) is 0.600. The molecule has 0 saturated carbocycles. The number of pyridine rings is 1. The van der Waals surface area contributed by atoms with Crippen LogP contribution in [0.1, 0.15) is 29.4 Å². The zero-order valence-electron chi connectivity index (χ0n) is 17.1. The quantitative estimate of drug-likeness (QED) is 0.720. The fourth-order valence-corrected chi connectivity index (χ4v) is 3.60. The molecule has 158 valence electrons. The lowest BCUT2D eigenvalue weighted by Gasteiger charge is -2.34. The number of carbonyl (C=O) groups is 3. The van der Waals surface area contributed by atoms with Gasteiger partial charge in [-0.3, -0.25) is 19.5 Å². The van der Waals surface area contributed by atoms with Crippen LogP contribution in [0, 0.1) is 6.92 Å². The minimum atomic E-state index is -0.232. The molecular weight excluding hydrogens is 374 g/mol. The van der Waals surface area contributed by atoms with E-state index in [1.807, 2.05) is 17.9 Å². The maximum atomic E-state index is 12.6. The molecule has 0 spiro atoms. The van der Waals surface area contributed by atoms with E-state index in [2.05, 4.69) is 10.3 Å². The van der Waals surface area contributed by atoms with Crippen molar-refractivity contribution in [3.8, 4) is 0 Å². The highest BCUT2D eigenvalue weighted by Gasteiger charge is 2.30. The van der Waals surface area contributed by atoms with E-state index in [-0.39, 0.29) is 30.5 Å². The summed E-state index contributed by atoms with van der Waals surface area (Å²) in [6.45, 7) is 7.84. The summed E-state index contributed by atoms with van der Waals surface area (Å²) in [5.74, 6) is -0.285. The normalized spacial score (nSPS) is 19.9. The van der Waals surface area contributed by atoms with Crippen LogP contribution in [0.5, 0.6) is 0 Å². The van der Waals surface area contributed by atoms with E-state index in [9.17, 15) is 14.4 Å². The van der Waals surface area contributed by atoms with E-state index in [0.717, 1.165) is 12.1 Å². The van der Waals surface area contributed by atoms with E-state index in [0.29, 0.717) is 51.4 Å². The van der Waals surface area contributed by atoms with E-state index in [4.69, 9.17) is 4.74 Å². The summed E-state index contributed by atoms with van der Waals surface area (Å²) in [6, 6.07) is 3.44. The SMILES string of the molecule is CCOC(=O)CN1CCN(C(=O)N[C@@H]2CCN(C(=O)c3ccc(C)nc3)C2)CC1. The molecule has 9 nitrogen and oxygen atoms in total. The number of hydrogen-bond donors (Lipinski definition) is 1. The maximum Gasteiger partial charge on any atom is 0.320 e. The molecule has 3 rings (SSSR count). The molecule has 1 atom stereocenters. The van der Waals surface area contributed by atoms with Crippen LogP contribution < -0.4 is 5.32 Å². The van der Waals surface area contributed by atoms with Gasteiger partial charge in [-0.05, 0) is 32.4 Å². The fourth-order valence-electron chi connectivity index (χ4n) is 3.60. The molecule has 0 aliphatic carbocycles. The number of piperazine rings is 1. The lowest BCUT2D eigenvalue weighted by atomic mass is 10.2. The Balaban J connectivity index is 1.42. The molecule has 0 aromatic carbocycles. The van der Waals surface area contributed by atoms with Gasteiger partial charge < -0.3 is 19.9 Å². The molecule has 3 amide bonds. The lowest BCUT2D eigenvalue weighted by Crippen LogP contribution is -2.54. The van der Waals surface area contributed by atoms with E-state index in [1.165, 1.54) is 0 Å². The highest BCUT2D eigenvalue weighted by Crippen LogP contribution is 2.14. The molecule has 1 aromatic heterocycles. The van der Waals surface area contributed by atoms with Gasteiger partial charge in [0.2, 0.25) is 0 Å². The summed E-state index contributed by atoms with van der Waals surface area (Å²) in [6.07, 6.45) is 2.33. The van der Waals surface area contributed by atoms with Crippen LogP contribution in [0.4, 0.5) is 4.79 Å². The Morgan fingerprint density at radius 3 is 2.55 bits per heavy atom. The third kappa shape index (κ3) is 5.66. The Morgan fingerprint density at radius 2 is 1.90 bits per heavy atom. The first kappa shape index (κ1) is 21.0. The number of hydrogen-bond acceptors (Lipinski definition) is 6. The van der Waals surface area contributed by atoms with Crippen molar-refractivity contribution in [2.24, 2.45) is 0 Å². The summed E-state index contributed by atoms with van der Waals surface area (Å²) in [5, 5.41) is 3.04. The zero-order valence-corrected chi connectivity index (χ0v) is 17.1. The molecule has 0 bridgehead atoms. The number of ether oxygens (including phenoxy) is 1. The number of carbonyl (C=O) groups excluding carboxylic acids is 3. The average Bonchev–Trinajstić information content (AvgIpc) is 3.17. The summed E-state index contributed by atoms with van der Waals surface area (Å²) in [4.78, 5) is 46.4. The van der Waals surface area contributed by atoms with Gasteiger partial charge in [0.25, 0.3) is 5.91 Å². The molecule has 2 aliphatic rings. The molecule has 2 aliphatic heterocycles. The second-order valence-corrected chi connectivity index (χ2v) is 7.44. The number of likely N-dealkylation sites (tertiary alicyclic amines) is 1. The van der Waals surface area contributed by atoms with Gasteiger partial charge in [0.15, 0.2) is 0 Å². The third-order valence-electron chi connectivity index (χ3n) is 5.28. The van der Waals surface area contributed by atoms with E-state index in [1.54, 1.807) is 29.0 Å². The zero-order chi connectivity index (χ0) is 20.8. The molecule has 0 unspecified atom stereocenters. The van der Waals surface area contributed by atoms with Crippen molar-refractivity contribution in [1.29, 1.82) is 0 Å². The summed E-state index contributed by atoms with van der Waals surface area (Å²) in [5.41, 5.74) is 1.44. The summed E-state index contributed by atoms with van der Waals surface area (Å²) >= 11 is 0. The van der Waals surface area contributed by atoms with Crippen molar-refractivity contribution in [3.05, 3.63) is 29.6 Å². The summed E-state index contributed by atoms with van der Waals surface area (Å²) < 4.78 is 4.97. The van der Waals surface area contributed by atoms with Gasteiger partial charge in [-0.2, -0.15) is 0 Å². The van der Waals surface area contributed by atoms with Gasteiger partial charge in [-0.15, -0.1) is 0 Å². The number of urea groups is 1. The highest BCUT2D eigenvalue weighted by atomic mass is 16.5. The largest absolute Gasteiger partial charge is 0.465 e. The highest BCUT2D eigenvalue weighted by molar-refractivity contribution is 5.94. The number of amides is 3. The van der Waals surface area contributed by atoms with Gasteiger partial charge >= 0.3 is 12.0 Å². The van der Waals surface area contributed by atoms with Crippen LogP contribution in [0.25, 0.3) is 0 Å². The van der Waals surface area contributed by atoms with Crippen LogP contribution in [-0.2, 0) is 9.53 Å². The van der Waals surface area contributed by atoms with Crippen molar-refractivity contribution in [3.63, 3.8) is 0 Å². The number of rotatable bonds is 5. The first-order valence-corrected chi connectivity index (χ1v) is 10.1. The average molecular weight is 403 g/mol. The van der Waals surface area contributed by atoms with Crippen LogP contribution in [0.3, 0.4) is 0 Å². The van der Waals surface area contributed by atoms with E-state index >= 15 is 0 Å². The van der Waals surface area contributed by atoms with Gasteiger partial charge in [-0.1, -0.05) is 0 Å². The third-order valence-corrected chi connectivity index (χ3v) is 5.28. The smallest absolute Gasteiger partial charge is 0.320 e. The van der Waals surface area contributed by atoms with Crippen molar-refractivity contribution in [2.75, 3.05) is 52.4 Å². The topological polar surface area (TPSA) is 95.1 Å². The van der Waals surface area contributed by atoms with Gasteiger partial charge in [0.1, 0.15) is 0 Å². The van der Waals surface area contributed by atoms with Gasteiger partial charge in [0.05, 0.1) is 18.7 Å². The number of nitrogens with zero attached hydrogens (tertiary/aromatic N) is 4. The van der Waals surface area contributed by atoms with Crippen molar-refractivity contribution >= 4 is 17.9 Å². The summed E-state index contributed by atoms with van der Waals surface area (Å²) in [7, 11) is 0. The number of aromatic nitrogens is 1. The Bertz CT molecular complexity index is 731. The molecular formula is C20H29N5O4. The standard InChI is InChI=1S/C20H29N5O4/c1-3-29-18(26)14-23-8-10-24(11-9-23)20(28)22-17-6-7-25(13-17)19(27)16-5-4-15(2)21-12-16/h4-5,12,17H,3,6-11,13-14H2,1-2H3,(H,22,28)/t17-/m1/s1. The molecule has 2 saturated heterocycles. The van der Waals surface area contributed by atoms with Crippen LogP contribution in [0.2, 0.25) is 0 Å². The van der Waals surface area contributed by atoms with Crippen LogP contribution >= 0.6 is 0 Å². The Morgan fingerprint density at radius 1 is 1.14 bits per heavy atom. The first-order valence-electron chi connectivity index (χ1n) is 10.1. The monoisotopic (exact) mass is 403 g/mol. The second kappa shape index (κ2) is 9.69. The minimum absolute atomic E-state index is 0.0533. The Labute approximate surface area is 171 Å². The van der Waals surface area contributed by atoms with E-state index < -0.39 is 0 Å². The molecule has 9 heteroatoms. The molecule has 29 heavy (non-hydrogen) atoms. The maximum absolute atomic E-state index is 12.6. The Hall–Kier alpha value is -2.68. The molecule has 2 fully saturated rings. The van der Waals surface area contributed by atoms with Crippen molar-refractivity contribution in [1.82, 2.24) is 25.0 Å². The first-order chi connectivity index (χ1) is 14.0. The number of nitrogens with one attached hydrogen (secondary N) is 1. The number of aryl methyl sites for hydroxylation is 1. The van der Waals surface area contributed by atoms with Crippen molar-refractivity contribution in [2.45, 2.75) is 26.3 Å². The molecule has 3 heterocycles. The molecule has 0 radical (unpaired) electrons. The van der Waals surface area contributed by atoms with Crippen molar-refractivity contribution < 1.29 is 19.1 Å². The lowest BCUT2D eigenvalue weighted by molar-refractivity contribution is -0.144. The van der Waals surface area contributed by atoms with Crippen LogP contribution in [0.15, 0.2) is 18.3 Å². The minimum Gasteiger partial charge on any atom is -0.465 e. The second-order valence-electron chi connectivity index (χ2n) is 7.44. The van der Waals surface area contributed by atoms with Gasteiger partial charge in [-0.25, -0.2) is 4.79 Å². The Kier molecular flexibility index (Phi) is 7.03.